The van der Waals surface area contributed by atoms with E-state index in [1.54, 1.807) is 19.2 Å². The normalized spacial score (nSPS) is 10.9. The summed E-state index contributed by atoms with van der Waals surface area (Å²) < 4.78 is 4.95. The summed E-state index contributed by atoms with van der Waals surface area (Å²) in [7, 11) is 0. The standard InChI is InChI=1S/C15H17NO2/c1-4-18-15(17)14-8-13-7-11(10(2)3)5-6-12(13)9-16-14/h5-10H,4H2,1-3H3. The lowest BCUT2D eigenvalue weighted by Gasteiger charge is -2.07. The Morgan fingerprint density at radius 2 is 2.06 bits per heavy atom. The molecule has 0 unspecified atom stereocenters. The van der Waals surface area contributed by atoms with Crippen molar-refractivity contribution < 1.29 is 9.53 Å². The van der Waals surface area contributed by atoms with E-state index >= 15 is 0 Å². The van der Waals surface area contributed by atoms with E-state index < -0.39 is 0 Å². The van der Waals surface area contributed by atoms with Gasteiger partial charge in [-0.1, -0.05) is 32.0 Å². The van der Waals surface area contributed by atoms with Crippen LogP contribution in [-0.2, 0) is 4.74 Å². The molecule has 1 aromatic carbocycles. The monoisotopic (exact) mass is 243 g/mol. The Hall–Kier alpha value is -1.90. The van der Waals surface area contributed by atoms with Crippen LogP contribution >= 0.6 is 0 Å². The van der Waals surface area contributed by atoms with E-state index in [2.05, 4.69) is 31.0 Å². The summed E-state index contributed by atoms with van der Waals surface area (Å²) >= 11 is 0. The molecule has 0 N–H and O–H groups in total. The molecule has 3 nitrogen and oxygen atoms in total. The van der Waals surface area contributed by atoms with Crippen LogP contribution in [0.4, 0.5) is 0 Å². The predicted molar refractivity (Wildman–Crippen MR) is 71.8 cm³/mol. The van der Waals surface area contributed by atoms with Gasteiger partial charge in [0.05, 0.1) is 6.61 Å². The molecule has 18 heavy (non-hydrogen) atoms. The number of benzene rings is 1. The number of carbonyl (C=O) groups is 1. The molecular weight excluding hydrogens is 226 g/mol. The van der Waals surface area contributed by atoms with Gasteiger partial charge in [-0.05, 0) is 29.9 Å². The van der Waals surface area contributed by atoms with Gasteiger partial charge in [-0.15, -0.1) is 0 Å². The summed E-state index contributed by atoms with van der Waals surface area (Å²) in [5.74, 6) is 0.1000. The van der Waals surface area contributed by atoms with Crippen LogP contribution in [0.3, 0.4) is 0 Å². The number of ether oxygens (including phenoxy) is 1. The quantitative estimate of drug-likeness (QED) is 0.774. The van der Waals surface area contributed by atoms with Gasteiger partial charge in [-0.25, -0.2) is 9.78 Å². The zero-order valence-electron chi connectivity index (χ0n) is 10.9. The molecule has 0 saturated heterocycles. The van der Waals surface area contributed by atoms with Gasteiger partial charge in [0.1, 0.15) is 5.69 Å². The van der Waals surface area contributed by atoms with Crippen molar-refractivity contribution in [1.29, 1.82) is 0 Å². The molecule has 0 radical (unpaired) electrons. The van der Waals surface area contributed by atoms with Crippen LogP contribution in [0.25, 0.3) is 10.8 Å². The Kier molecular flexibility index (Phi) is 3.60. The fraction of sp³-hybridized carbons (Fsp3) is 0.333. The SMILES string of the molecule is CCOC(=O)c1cc2cc(C(C)C)ccc2cn1. The maximum Gasteiger partial charge on any atom is 0.356 e. The molecule has 1 aromatic heterocycles. The first kappa shape index (κ1) is 12.6. The average Bonchev–Trinajstić information content (AvgIpc) is 2.37. The molecule has 0 fully saturated rings. The minimum Gasteiger partial charge on any atom is -0.461 e. The molecular formula is C15H17NO2. The highest BCUT2D eigenvalue weighted by Crippen LogP contribution is 2.21. The second kappa shape index (κ2) is 5.17. The summed E-state index contributed by atoms with van der Waals surface area (Å²) in [4.78, 5) is 15.7. The van der Waals surface area contributed by atoms with Crippen molar-refractivity contribution in [2.24, 2.45) is 0 Å². The highest BCUT2D eigenvalue weighted by molar-refractivity contribution is 5.93. The molecule has 2 rings (SSSR count). The zero-order valence-corrected chi connectivity index (χ0v) is 10.9. The van der Waals surface area contributed by atoms with E-state index in [4.69, 9.17) is 4.74 Å². The average molecular weight is 243 g/mol. The summed E-state index contributed by atoms with van der Waals surface area (Å²) in [6, 6.07) is 8.02. The zero-order chi connectivity index (χ0) is 13.1. The van der Waals surface area contributed by atoms with Gasteiger partial charge in [-0.2, -0.15) is 0 Å². The fourth-order valence-corrected chi connectivity index (χ4v) is 1.84. The second-order valence-corrected chi connectivity index (χ2v) is 4.55. The van der Waals surface area contributed by atoms with Gasteiger partial charge in [0.2, 0.25) is 0 Å². The Balaban J connectivity index is 2.45. The summed E-state index contributed by atoms with van der Waals surface area (Å²) in [5, 5.41) is 2.06. The lowest BCUT2D eigenvalue weighted by Crippen LogP contribution is -2.06. The Morgan fingerprint density at radius 1 is 1.28 bits per heavy atom. The van der Waals surface area contributed by atoms with Crippen LogP contribution in [0.2, 0.25) is 0 Å². The predicted octanol–water partition coefficient (Wildman–Crippen LogP) is 3.53. The third-order valence-corrected chi connectivity index (χ3v) is 2.90. The van der Waals surface area contributed by atoms with Gasteiger partial charge in [0.15, 0.2) is 0 Å². The molecule has 0 saturated carbocycles. The number of fused-ring (bicyclic) bond motifs is 1. The van der Waals surface area contributed by atoms with Crippen molar-refractivity contribution in [1.82, 2.24) is 4.98 Å². The highest BCUT2D eigenvalue weighted by Gasteiger charge is 2.09. The molecule has 0 bridgehead atoms. The smallest absolute Gasteiger partial charge is 0.356 e. The van der Waals surface area contributed by atoms with E-state index in [1.165, 1.54) is 5.56 Å². The van der Waals surface area contributed by atoms with Crippen molar-refractivity contribution in [3.63, 3.8) is 0 Å². The van der Waals surface area contributed by atoms with E-state index in [0.717, 1.165) is 10.8 Å². The molecule has 0 aliphatic rings. The lowest BCUT2D eigenvalue weighted by atomic mass is 10.00. The Labute approximate surface area is 107 Å². The summed E-state index contributed by atoms with van der Waals surface area (Å²) in [6.45, 7) is 6.45. The van der Waals surface area contributed by atoms with E-state index in [0.29, 0.717) is 18.2 Å². The molecule has 0 atom stereocenters. The first-order chi connectivity index (χ1) is 8.61. The van der Waals surface area contributed by atoms with Crippen LogP contribution in [-0.4, -0.2) is 17.6 Å². The molecule has 2 aromatic rings. The number of nitrogens with zero attached hydrogens (tertiary/aromatic N) is 1. The van der Waals surface area contributed by atoms with Crippen LogP contribution in [0.15, 0.2) is 30.5 Å². The number of pyridine rings is 1. The molecule has 94 valence electrons. The van der Waals surface area contributed by atoms with E-state index in [9.17, 15) is 4.79 Å². The van der Waals surface area contributed by atoms with Crippen LogP contribution in [0, 0.1) is 0 Å². The van der Waals surface area contributed by atoms with Crippen LogP contribution in [0.1, 0.15) is 42.7 Å². The number of esters is 1. The molecule has 0 amide bonds. The second-order valence-electron chi connectivity index (χ2n) is 4.55. The van der Waals surface area contributed by atoms with Gasteiger partial charge >= 0.3 is 5.97 Å². The first-order valence-electron chi connectivity index (χ1n) is 6.18. The van der Waals surface area contributed by atoms with Gasteiger partial charge in [-0.3, -0.25) is 0 Å². The summed E-state index contributed by atoms with van der Waals surface area (Å²) in [6.07, 6.45) is 1.71. The number of hydrogen-bond donors (Lipinski definition) is 0. The number of aromatic nitrogens is 1. The minimum atomic E-state index is -0.366. The van der Waals surface area contributed by atoms with Crippen molar-refractivity contribution in [3.8, 4) is 0 Å². The lowest BCUT2D eigenvalue weighted by molar-refractivity contribution is 0.0520. The maximum absolute atomic E-state index is 11.6. The van der Waals surface area contributed by atoms with Crippen molar-refractivity contribution in [2.75, 3.05) is 6.61 Å². The molecule has 0 spiro atoms. The number of carbonyl (C=O) groups excluding carboxylic acids is 1. The first-order valence-corrected chi connectivity index (χ1v) is 6.18. The van der Waals surface area contributed by atoms with Gasteiger partial charge in [0, 0.05) is 11.6 Å². The maximum atomic E-state index is 11.6. The van der Waals surface area contributed by atoms with Crippen molar-refractivity contribution >= 4 is 16.7 Å². The fourth-order valence-electron chi connectivity index (χ4n) is 1.84. The molecule has 1 heterocycles. The van der Waals surface area contributed by atoms with Crippen LogP contribution in [0.5, 0.6) is 0 Å². The molecule has 0 aliphatic heterocycles. The van der Waals surface area contributed by atoms with E-state index in [-0.39, 0.29) is 5.97 Å². The Morgan fingerprint density at radius 3 is 2.72 bits per heavy atom. The summed E-state index contributed by atoms with van der Waals surface area (Å²) in [5.41, 5.74) is 1.62. The number of rotatable bonds is 3. The number of hydrogen-bond acceptors (Lipinski definition) is 3. The highest BCUT2D eigenvalue weighted by atomic mass is 16.5. The van der Waals surface area contributed by atoms with Crippen LogP contribution < -0.4 is 0 Å². The largest absolute Gasteiger partial charge is 0.461 e. The topological polar surface area (TPSA) is 39.2 Å². The third-order valence-electron chi connectivity index (χ3n) is 2.90. The van der Waals surface area contributed by atoms with Gasteiger partial charge in [0.25, 0.3) is 0 Å². The van der Waals surface area contributed by atoms with Crippen molar-refractivity contribution in [3.05, 3.63) is 41.7 Å². The Bertz CT molecular complexity index is 576. The molecule has 3 heteroatoms. The minimum absolute atomic E-state index is 0.366. The third kappa shape index (κ3) is 2.50. The molecule has 0 aliphatic carbocycles. The van der Waals surface area contributed by atoms with Gasteiger partial charge < -0.3 is 4.74 Å². The van der Waals surface area contributed by atoms with E-state index in [1.807, 2.05) is 6.07 Å². The van der Waals surface area contributed by atoms with Crippen molar-refractivity contribution in [2.45, 2.75) is 26.7 Å².